The van der Waals surface area contributed by atoms with E-state index in [1.54, 1.807) is 37.3 Å². The lowest BCUT2D eigenvalue weighted by Gasteiger charge is -1.92. The molecule has 0 fully saturated rings. The zero-order valence-electron chi connectivity index (χ0n) is 10.7. The first-order valence-corrected chi connectivity index (χ1v) is 5.82. The van der Waals surface area contributed by atoms with Gasteiger partial charge in [-0.15, -0.1) is 5.11 Å². The molecule has 0 aliphatic carbocycles. The lowest BCUT2D eigenvalue weighted by Crippen LogP contribution is -2.23. The van der Waals surface area contributed by atoms with Crippen LogP contribution in [0.5, 0.6) is 0 Å². The molecular weight excluding hydrogens is 258 g/mol. The Morgan fingerprint density at radius 1 is 1.35 bits per heavy atom. The van der Waals surface area contributed by atoms with Gasteiger partial charge in [-0.25, -0.2) is 0 Å². The zero-order chi connectivity index (χ0) is 14.5. The molecule has 0 amide bonds. The molecule has 0 atom stereocenters. The molecule has 0 aliphatic heterocycles. The number of carbonyl (C=O) groups excluding carboxylic acids is 1. The normalized spacial score (nSPS) is 10.6. The first-order valence-electron chi connectivity index (χ1n) is 5.82. The van der Waals surface area contributed by atoms with Crippen molar-refractivity contribution in [2.75, 3.05) is 0 Å². The number of nitriles is 1. The van der Waals surface area contributed by atoms with Crippen molar-refractivity contribution in [2.24, 2.45) is 10.2 Å². The van der Waals surface area contributed by atoms with Gasteiger partial charge in [0.25, 0.3) is 5.91 Å². The number of hydrogen-bond acceptors (Lipinski definition) is 5. The minimum Gasteiger partial charge on any atom is -0.290 e. The lowest BCUT2D eigenvalue weighted by atomic mass is 10.3. The van der Waals surface area contributed by atoms with E-state index in [1.165, 1.54) is 0 Å². The van der Waals surface area contributed by atoms with Gasteiger partial charge in [0.05, 0.1) is 17.5 Å². The van der Waals surface area contributed by atoms with Crippen LogP contribution in [-0.4, -0.2) is 15.7 Å². The molecule has 7 nitrogen and oxygen atoms in total. The summed E-state index contributed by atoms with van der Waals surface area (Å²) in [7, 11) is 0. The number of azo groups is 1. The smallest absolute Gasteiger partial charge is 0.290 e. The van der Waals surface area contributed by atoms with Crippen molar-refractivity contribution in [3.63, 3.8) is 0 Å². The topological polar surface area (TPSA) is 103 Å². The molecule has 1 N–H and O–H groups in total. The fraction of sp³-hybridized carbons (Fsp3) is 0.154. The summed E-state index contributed by atoms with van der Waals surface area (Å²) in [5, 5.41) is 18.9. The fourth-order valence-corrected chi connectivity index (χ4v) is 1.58. The molecule has 1 aromatic heterocycles. The van der Waals surface area contributed by atoms with E-state index in [0.29, 0.717) is 11.4 Å². The number of hydrogen-bond donors (Lipinski definition) is 1. The summed E-state index contributed by atoms with van der Waals surface area (Å²) in [6.07, 6.45) is -0.380. The predicted molar refractivity (Wildman–Crippen MR) is 71.3 cm³/mol. The van der Waals surface area contributed by atoms with Gasteiger partial charge in [-0.05, 0) is 19.1 Å². The quantitative estimate of drug-likeness (QED) is 0.865. The van der Waals surface area contributed by atoms with Gasteiger partial charge in [0.15, 0.2) is 5.69 Å². The summed E-state index contributed by atoms with van der Waals surface area (Å²) < 4.78 is 0.776. The van der Waals surface area contributed by atoms with E-state index in [2.05, 4.69) is 15.3 Å². The Kier molecular flexibility index (Phi) is 3.86. The van der Waals surface area contributed by atoms with Crippen molar-refractivity contribution in [1.82, 2.24) is 9.78 Å². The van der Waals surface area contributed by atoms with Crippen LogP contribution in [0.15, 0.2) is 45.4 Å². The molecule has 0 saturated heterocycles. The molecule has 7 heteroatoms. The molecule has 0 spiro atoms. The van der Waals surface area contributed by atoms with Gasteiger partial charge in [0.1, 0.15) is 6.42 Å². The van der Waals surface area contributed by atoms with E-state index >= 15 is 0 Å². The summed E-state index contributed by atoms with van der Waals surface area (Å²) in [6, 6.07) is 10.6. The highest BCUT2D eigenvalue weighted by Gasteiger charge is 2.15. The number of nitrogens with zero attached hydrogens (tertiary/aromatic N) is 4. The largest absolute Gasteiger partial charge is 0.301 e. The van der Waals surface area contributed by atoms with Gasteiger partial charge in [-0.1, -0.05) is 18.2 Å². The second kappa shape index (κ2) is 5.75. The van der Waals surface area contributed by atoms with Crippen molar-refractivity contribution in [3.8, 4) is 6.07 Å². The predicted octanol–water partition coefficient (Wildman–Crippen LogP) is 2.45. The third-order valence-electron chi connectivity index (χ3n) is 2.54. The fourth-order valence-electron chi connectivity index (χ4n) is 1.58. The van der Waals surface area contributed by atoms with Crippen LogP contribution in [0.4, 0.5) is 11.4 Å². The van der Waals surface area contributed by atoms with Crippen LogP contribution < -0.4 is 5.56 Å². The molecule has 0 saturated carbocycles. The third-order valence-corrected chi connectivity index (χ3v) is 2.54. The molecule has 0 bridgehead atoms. The van der Waals surface area contributed by atoms with Crippen LogP contribution in [0.1, 0.15) is 16.9 Å². The monoisotopic (exact) mass is 269 g/mol. The van der Waals surface area contributed by atoms with Gasteiger partial charge >= 0.3 is 5.56 Å². The Bertz CT molecular complexity index is 749. The van der Waals surface area contributed by atoms with Gasteiger partial charge in [-0.3, -0.25) is 14.7 Å². The summed E-state index contributed by atoms with van der Waals surface area (Å²) in [6.45, 7) is 1.61. The Hall–Kier alpha value is -3.01. The van der Waals surface area contributed by atoms with Crippen LogP contribution in [0.25, 0.3) is 0 Å². The number of nitrogens with one attached hydrogen (secondary N) is 1. The summed E-state index contributed by atoms with van der Waals surface area (Å²) in [5.74, 6) is -0.623. The SMILES string of the molecule is Cc1[nH]n(C(=O)CC#N)c(=O)c1N=Nc1ccccc1. The van der Waals surface area contributed by atoms with Crippen LogP contribution in [0, 0.1) is 18.3 Å². The molecule has 0 radical (unpaired) electrons. The molecule has 2 rings (SSSR count). The number of benzene rings is 1. The molecular formula is C13H11N5O2. The van der Waals surface area contributed by atoms with Crippen molar-refractivity contribution in [1.29, 1.82) is 5.26 Å². The van der Waals surface area contributed by atoms with E-state index < -0.39 is 11.5 Å². The molecule has 0 aliphatic rings. The van der Waals surface area contributed by atoms with E-state index in [1.807, 2.05) is 6.07 Å². The van der Waals surface area contributed by atoms with Crippen molar-refractivity contribution in [2.45, 2.75) is 13.3 Å². The molecule has 2 aromatic rings. The Balaban J connectivity index is 2.35. The van der Waals surface area contributed by atoms with E-state index in [4.69, 9.17) is 5.26 Å². The van der Waals surface area contributed by atoms with Crippen molar-refractivity contribution in [3.05, 3.63) is 46.4 Å². The van der Waals surface area contributed by atoms with E-state index in [0.717, 1.165) is 4.68 Å². The van der Waals surface area contributed by atoms with Crippen LogP contribution in [0.2, 0.25) is 0 Å². The van der Waals surface area contributed by atoms with Crippen LogP contribution in [-0.2, 0) is 0 Å². The minimum atomic E-state index is -0.623. The average molecular weight is 269 g/mol. The van der Waals surface area contributed by atoms with Crippen molar-refractivity contribution >= 4 is 17.3 Å². The highest BCUT2D eigenvalue weighted by Crippen LogP contribution is 2.17. The zero-order valence-corrected chi connectivity index (χ0v) is 10.7. The minimum absolute atomic E-state index is 0.0557. The van der Waals surface area contributed by atoms with E-state index in [-0.39, 0.29) is 12.1 Å². The Labute approximate surface area is 114 Å². The van der Waals surface area contributed by atoms with Gasteiger partial charge in [0.2, 0.25) is 0 Å². The van der Waals surface area contributed by atoms with Gasteiger partial charge in [-0.2, -0.15) is 15.1 Å². The lowest BCUT2D eigenvalue weighted by molar-refractivity contribution is 0.0899. The number of aromatic amines is 1. The maximum absolute atomic E-state index is 12.0. The second-order valence-electron chi connectivity index (χ2n) is 3.99. The first-order chi connectivity index (χ1) is 9.63. The number of rotatable bonds is 3. The number of carbonyl (C=O) groups is 1. The Morgan fingerprint density at radius 2 is 2.05 bits per heavy atom. The van der Waals surface area contributed by atoms with Crippen LogP contribution >= 0.6 is 0 Å². The maximum Gasteiger partial charge on any atom is 0.301 e. The third kappa shape index (κ3) is 2.70. The molecule has 1 heterocycles. The first kappa shape index (κ1) is 13.4. The van der Waals surface area contributed by atoms with Gasteiger partial charge < -0.3 is 0 Å². The number of aryl methyl sites for hydroxylation is 1. The maximum atomic E-state index is 12.0. The molecule has 20 heavy (non-hydrogen) atoms. The van der Waals surface area contributed by atoms with E-state index in [9.17, 15) is 9.59 Å². The standard InChI is InChI=1S/C13H11N5O2/c1-9-12(16-15-10-5-3-2-4-6-10)13(20)18(17-9)11(19)7-8-14/h2-6,17H,7H2,1H3. The second-order valence-corrected chi connectivity index (χ2v) is 3.99. The average Bonchev–Trinajstić information content (AvgIpc) is 2.73. The number of H-pyrrole nitrogens is 1. The highest BCUT2D eigenvalue weighted by atomic mass is 16.2. The number of aromatic nitrogens is 2. The summed E-state index contributed by atoms with van der Waals surface area (Å²) >= 11 is 0. The molecule has 0 unspecified atom stereocenters. The van der Waals surface area contributed by atoms with Gasteiger partial charge in [0, 0.05) is 0 Å². The van der Waals surface area contributed by atoms with Crippen molar-refractivity contribution < 1.29 is 4.79 Å². The highest BCUT2D eigenvalue weighted by molar-refractivity contribution is 5.80. The summed E-state index contributed by atoms with van der Waals surface area (Å²) in [5.41, 5.74) is 0.464. The van der Waals surface area contributed by atoms with Crippen LogP contribution in [0.3, 0.4) is 0 Å². The molecule has 100 valence electrons. The molecule has 1 aromatic carbocycles. The summed E-state index contributed by atoms with van der Waals surface area (Å²) in [4.78, 5) is 23.5. The Morgan fingerprint density at radius 3 is 2.70 bits per heavy atom.